The van der Waals surface area contributed by atoms with Crippen molar-refractivity contribution in [1.29, 1.82) is 0 Å². The Balaban J connectivity index is 1.98. The van der Waals surface area contributed by atoms with Crippen molar-refractivity contribution in [2.24, 2.45) is 5.92 Å². The number of amides is 1. The maximum absolute atomic E-state index is 12.3. The first kappa shape index (κ1) is 14.7. The highest BCUT2D eigenvalue weighted by atomic mass is 16.3. The van der Waals surface area contributed by atoms with Gasteiger partial charge in [0.1, 0.15) is 11.5 Å². The molecule has 2 heterocycles. The van der Waals surface area contributed by atoms with Gasteiger partial charge in [-0.05, 0) is 18.8 Å². The van der Waals surface area contributed by atoms with Gasteiger partial charge in [-0.1, -0.05) is 13.8 Å². The van der Waals surface area contributed by atoms with E-state index in [1.807, 2.05) is 6.92 Å². The van der Waals surface area contributed by atoms with Gasteiger partial charge in [-0.25, -0.2) is 9.97 Å². The zero-order chi connectivity index (χ0) is 14.5. The third kappa shape index (κ3) is 3.45. The minimum absolute atomic E-state index is 0.103. The molecule has 6 heteroatoms. The number of likely N-dealkylation sites (tertiary alicyclic amines) is 1. The summed E-state index contributed by atoms with van der Waals surface area (Å²) in [6, 6.07) is 0. The predicted molar refractivity (Wildman–Crippen MR) is 76.5 cm³/mol. The number of piperidine rings is 1. The van der Waals surface area contributed by atoms with E-state index < -0.39 is 0 Å². The van der Waals surface area contributed by atoms with Crippen LogP contribution in [0.15, 0.2) is 12.4 Å². The van der Waals surface area contributed by atoms with Gasteiger partial charge in [0.2, 0.25) is 0 Å². The summed E-state index contributed by atoms with van der Waals surface area (Å²) in [5.74, 6) is 0.676. The van der Waals surface area contributed by atoms with Gasteiger partial charge >= 0.3 is 0 Å². The highest BCUT2D eigenvalue weighted by Gasteiger charge is 2.28. The number of aliphatic hydroxyl groups is 1. The topological polar surface area (TPSA) is 78.4 Å². The number of nitrogens with zero attached hydrogens (tertiary/aromatic N) is 3. The second kappa shape index (κ2) is 6.65. The van der Waals surface area contributed by atoms with Gasteiger partial charge in [0.25, 0.3) is 5.91 Å². The molecule has 1 fully saturated rings. The molecule has 1 saturated heterocycles. The smallest absolute Gasteiger partial charge is 0.274 e. The summed E-state index contributed by atoms with van der Waals surface area (Å²) in [5.41, 5.74) is 0.357. The van der Waals surface area contributed by atoms with Crippen LogP contribution in [0.5, 0.6) is 0 Å². The third-order valence-corrected chi connectivity index (χ3v) is 3.57. The first-order valence-electron chi connectivity index (χ1n) is 7.15. The van der Waals surface area contributed by atoms with Crippen LogP contribution in [-0.4, -0.2) is 51.6 Å². The van der Waals surface area contributed by atoms with Gasteiger partial charge in [-0.15, -0.1) is 0 Å². The summed E-state index contributed by atoms with van der Waals surface area (Å²) < 4.78 is 0. The van der Waals surface area contributed by atoms with Crippen molar-refractivity contribution in [2.45, 2.75) is 32.8 Å². The first-order chi connectivity index (χ1) is 9.61. The SMILES string of the molecule is CCCNc1cnc(C(=O)N2CCC(O)C(C)C2)cn1. The largest absolute Gasteiger partial charge is 0.393 e. The van der Waals surface area contributed by atoms with Crippen LogP contribution in [0.3, 0.4) is 0 Å². The van der Waals surface area contributed by atoms with E-state index in [4.69, 9.17) is 0 Å². The molecule has 0 aliphatic carbocycles. The van der Waals surface area contributed by atoms with Gasteiger partial charge in [0.15, 0.2) is 0 Å². The van der Waals surface area contributed by atoms with Crippen molar-refractivity contribution >= 4 is 11.7 Å². The van der Waals surface area contributed by atoms with E-state index in [-0.39, 0.29) is 17.9 Å². The third-order valence-electron chi connectivity index (χ3n) is 3.57. The second-order valence-electron chi connectivity index (χ2n) is 5.30. The van der Waals surface area contributed by atoms with Crippen LogP contribution in [0.1, 0.15) is 37.2 Å². The van der Waals surface area contributed by atoms with Gasteiger partial charge < -0.3 is 15.3 Å². The Labute approximate surface area is 119 Å². The molecular weight excluding hydrogens is 256 g/mol. The number of carbonyl (C=O) groups excluding carboxylic acids is 1. The van der Waals surface area contributed by atoms with Crippen LogP contribution in [0.2, 0.25) is 0 Å². The maximum atomic E-state index is 12.3. The van der Waals surface area contributed by atoms with Gasteiger partial charge in [0.05, 0.1) is 18.5 Å². The quantitative estimate of drug-likeness (QED) is 0.863. The lowest BCUT2D eigenvalue weighted by Gasteiger charge is -2.34. The fourth-order valence-electron chi connectivity index (χ4n) is 2.26. The molecule has 1 aromatic heterocycles. The number of carbonyl (C=O) groups is 1. The van der Waals surface area contributed by atoms with Crippen LogP contribution in [0.4, 0.5) is 5.82 Å². The van der Waals surface area contributed by atoms with Crippen LogP contribution < -0.4 is 5.32 Å². The fraction of sp³-hybridized carbons (Fsp3) is 0.643. The molecule has 0 spiro atoms. The molecule has 2 atom stereocenters. The van der Waals surface area contributed by atoms with E-state index in [0.717, 1.165) is 13.0 Å². The Bertz CT molecular complexity index is 449. The summed E-state index contributed by atoms with van der Waals surface area (Å²) in [6.45, 7) is 6.00. The Morgan fingerprint density at radius 3 is 2.90 bits per heavy atom. The highest BCUT2D eigenvalue weighted by molar-refractivity contribution is 5.92. The molecule has 0 aromatic carbocycles. The molecule has 0 bridgehead atoms. The van der Waals surface area contributed by atoms with Crippen molar-refractivity contribution in [3.05, 3.63) is 18.1 Å². The monoisotopic (exact) mass is 278 g/mol. The molecule has 2 N–H and O–H groups in total. The van der Waals surface area contributed by atoms with Gasteiger partial charge in [-0.3, -0.25) is 4.79 Å². The van der Waals surface area contributed by atoms with Crippen molar-refractivity contribution < 1.29 is 9.90 Å². The van der Waals surface area contributed by atoms with Gasteiger partial charge in [0, 0.05) is 19.6 Å². The Kier molecular flexibility index (Phi) is 4.89. The van der Waals surface area contributed by atoms with Crippen molar-refractivity contribution in [2.75, 3.05) is 25.0 Å². The zero-order valence-corrected chi connectivity index (χ0v) is 12.0. The van der Waals surface area contributed by atoms with Crippen LogP contribution >= 0.6 is 0 Å². The zero-order valence-electron chi connectivity index (χ0n) is 12.0. The molecule has 1 aliphatic rings. The summed E-state index contributed by atoms with van der Waals surface area (Å²) >= 11 is 0. The number of anilines is 1. The molecule has 0 saturated carbocycles. The van der Waals surface area contributed by atoms with E-state index in [9.17, 15) is 9.90 Å². The number of nitrogens with one attached hydrogen (secondary N) is 1. The van der Waals surface area contributed by atoms with E-state index in [2.05, 4.69) is 22.2 Å². The highest BCUT2D eigenvalue weighted by Crippen LogP contribution is 2.18. The van der Waals surface area contributed by atoms with E-state index in [0.29, 0.717) is 31.0 Å². The van der Waals surface area contributed by atoms with E-state index in [1.165, 1.54) is 6.20 Å². The molecule has 1 aliphatic heterocycles. The summed E-state index contributed by atoms with van der Waals surface area (Å²) in [4.78, 5) is 22.4. The number of hydrogen-bond acceptors (Lipinski definition) is 5. The first-order valence-corrected chi connectivity index (χ1v) is 7.15. The number of rotatable bonds is 4. The lowest BCUT2D eigenvalue weighted by molar-refractivity contribution is 0.0294. The lowest BCUT2D eigenvalue weighted by atomic mass is 9.96. The average Bonchev–Trinajstić information content (AvgIpc) is 2.48. The second-order valence-corrected chi connectivity index (χ2v) is 5.30. The summed E-state index contributed by atoms with van der Waals surface area (Å²) in [7, 11) is 0. The van der Waals surface area contributed by atoms with Crippen molar-refractivity contribution in [3.8, 4) is 0 Å². The standard InChI is InChI=1S/C14H22N4O2/c1-3-5-15-13-8-16-11(7-17-13)14(20)18-6-4-12(19)10(2)9-18/h7-8,10,12,19H,3-6,9H2,1-2H3,(H,15,17). The number of aliphatic hydroxyl groups excluding tert-OH is 1. The Hall–Kier alpha value is -1.69. The van der Waals surface area contributed by atoms with Crippen molar-refractivity contribution in [3.63, 3.8) is 0 Å². The van der Waals surface area contributed by atoms with Crippen LogP contribution in [0.25, 0.3) is 0 Å². The fourth-order valence-corrected chi connectivity index (χ4v) is 2.26. The minimum atomic E-state index is -0.314. The van der Waals surface area contributed by atoms with Gasteiger partial charge in [-0.2, -0.15) is 0 Å². The molecule has 20 heavy (non-hydrogen) atoms. The Morgan fingerprint density at radius 2 is 2.30 bits per heavy atom. The van der Waals surface area contributed by atoms with Crippen LogP contribution in [-0.2, 0) is 0 Å². The molecule has 0 radical (unpaired) electrons. The molecule has 2 unspecified atom stereocenters. The molecule has 6 nitrogen and oxygen atoms in total. The molecular formula is C14H22N4O2. The molecule has 1 amide bonds. The lowest BCUT2D eigenvalue weighted by Crippen LogP contribution is -2.45. The van der Waals surface area contributed by atoms with Crippen LogP contribution in [0, 0.1) is 5.92 Å². The molecule has 2 rings (SSSR count). The number of aromatic nitrogens is 2. The number of hydrogen-bond donors (Lipinski definition) is 2. The predicted octanol–water partition coefficient (Wildman–Crippen LogP) is 1.14. The molecule has 110 valence electrons. The van der Waals surface area contributed by atoms with E-state index in [1.54, 1.807) is 11.1 Å². The average molecular weight is 278 g/mol. The Morgan fingerprint density at radius 1 is 1.50 bits per heavy atom. The summed E-state index contributed by atoms with van der Waals surface area (Å²) in [5, 5.41) is 12.8. The maximum Gasteiger partial charge on any atom is 0.274 e. The van der Waals surface area contributed by atoms with E-state index >= 15 is 0 Å². The molecule has 1 aromatic rings. The minimum Gasteiger partial charge on any atom is -0.393 e. The summed E-state index contributed by atoms with van der Waals surface area (Å²) in [6.07, 6.45) is 4.42. The van der Waals surface area contributed by atoms with Crippen molar-refractivity contribution in [1.82, 2.24) is 14.9 Å². The normalized spacial score (nSPS) is 22.6.